The van der Waals surface area contributed by atoms with Gasteiger partial charge in [0.1, 0.15) is 0 Å². The molecule has 3 rings (SSSR count). The number of nitrogens with two attached hydrogens (primary N) is 1. The standard InChI is InChI=1S/C21H20BN4O2/c1-3-5-19-20(25-13-28-22-19)17(4-2)18(11-23)21(27)26-16-7-6-15-12-24-9-8-14(15)10-16/h3-10,12-13,18H,1-2,11,23H2,(H,26,27)/b19-5+,20-17-. The molecule has 7 heteroatoms. The second-order valence-electron chi connectivity index (χ2n) is 6.07. The van der Waals surface area contributed by atoms with Gasteiger partial charge in [0.05, 0.1) is 11.6 Å². The molecule has 1 atom stereocenters. The number of hydrogen-bond acceptors (Lipinski definition) is 5. The smallest absolute Gasteiger partial charge is 0.412 e. The van der Waals surface area contributed by atoms with Gasteiger partial charge in [0.25, 0.3) is 0 Å². The fourth-order valence-electron chi connectivity index (χ4n) is 2.97. The lowest BCUT2D eigenvalue weighted by atomic mass is 9.79. The Hall–Kier alpha value is -3.45. The minimum absolute atomic E-state index is 0.103. The van der Waals surface area contributed by atoms with Gasteiger partial charge < -0.3 is 15.7 Å². The van der Waals surface area contributed by atoms with Crippen molar-refractivity contribution in [3.8, 4) is 0 Å². The van der Waals surface area contributed by atoms with Crippen molar-refractivity contribution in [2.24, 2.45) is 16.6 Å². The zero-order chi connectivity index (χ0) is 19.9. The average Bonchev–Trinajstić information content (AvgIpc) is 2.72. The van der Waals surface area contributed by atoms with Gasteiger partial charge in [-0.1, -0.05) is 37.5 Å². The number of amides is 1. The van der Waals surface area contributed by atoms with Crippen molar-refractivity contribution in [3.05, 3.63) is 84.8 Å². The molecule has 0 spiro atoms. The summed E-state index contributed by atoms with van der Waals surface area (Å²) in [5.74, 6) is -0.865. The first-order valence-corrected chi connectivity index (χ1v) is 8.73. The van der Waals surface area contributed by atoms with Gasteiger partial charge in [-0.05, 0) is 34.6 Å². The van der Waals surface area contributed by atoms with E-state index in [1.54, 1.807) is 30.6 Å². The topological polar surface area (TPSA) is 89.6 Å². The third-order valence-electron chi connectivity index (χ3n) is 4.34. The van der Waals surface area contributed by atoms with Gasteiger partial charge in [-0.2, -0.15) is 0 Å². The van der Waals surface area contributed by atoms with Crippen LogP contribution in [0.2, 0.25) is 0 Å². The molecule has 1 unspecified atom stereocenters. The highest BCUT2D eigenvalue weighted by Gasteiger charge is 2.26. The summed E-state index contributed by atoms with van der Waals surface area (Å²) in [6, 6.07) is 7.53. The van der Waals surface area contributed by atoms with Crippen molar-refractivity contribution < 1.29 is 9.45 Å². The van der Waals surface area contributed by atoms with Crippen LogP contribution >= 0.6 is 0 Å². The van der Waals surface area contributed by atoms with Crippen molar-refractivity contribution in [1.29, 1.82) is 0 Å². The van der Waals surface area contributed by atoms with E-state index in [1.165, 1.54) is 13.9 Å². The maximum atomic E-state index is 13.0. The molecule has 0 fully saturated rings. The van der Waals surface area contributed by atoms with Crippen LogP contribution in [0.5, 0.6) is 0 Å². The lowest BCUT2D eigenvalue weighted by molar-refractivity contribution is -0.118. The normalized spacial score (nSPS) is 17.4. The zero-order valence-corrected chi connectivity index (χ0v) is 15.3. The number of carbonyl (C=O) groups is 1. The Kier molecular flexibility index (Phi) is 6.19. The molecule has 6 nitrogen and oxygen atoms in total. The maximum absolute atomic E-state index is 13.0. The lowest BCUT2D eigenvalue weighted by Gasteiger charge is -2.21. The Labute approximate surface area is 164 Å². The fourth-order valence-corrected chi connectivity index (χ4v) is 2.97. The van der Waals surface area contributed by atoms with Gasteiger partial charge in [-0.15, -0.1) is 0 Å². The molecule has 1 aliphatic heterocycles. The number of nitrogens with one attached hydrogen (secondary N) is 1. The van der Waals surface area contributed by atoms with Crippen LogP contribution in [0.4, 0.5) is 5.69 Å². The summed E-state index contributed by atoms with van der Waals surface area (Å²) in [6.45, 7) is 7.65. The number of benzene rings is 1. The molecule has 1 aliphatic rings. The molecule has 1 radical (unpaired) electrons. The van der Waals surface area contributed by atoms with Crippen molar-refractivity contribution in [2.75, 3.05) is 11.9 Å². The van der Waals surface area contributed by atoms with Crippen LogP contribution in [0.15, 0.2) is 89.8 Å². The largest absolute Gasteiger partial charge is 0.550 e. The predicted molar refractivity (Wildman–Crippen MR) is 114 cm³/mol. The van der Waals surface area contributed by atoms with Crippen molar-refractivity contribution >= 4 is 36.3 Å². The maximum Gasteiger partial charge on any atom is 0.412 e. The second-order valence-corrected chi connectivity index (χ2v) is 6.07. The first kappa shape index (κ1) is 19.3. The molecule has 0 saturated carbocycles. The van der Waals surface area contributed by atoms with E-state index in [-0.39, 0.29) is 12.5 Å². The summed E-state index contributed by atoms with van der Waals surface area (Å²) in [6.07, 6.45) is 9.77. The molecule has 0 aliphatic carbocycles. The fraction of sp³-hybridized carbons (Fsp3) is 0.0952. The van der Waals surface area contributed by atoms with Crippen molar-refractivity contribution in [3.63, 3.8) is 0 Å². The number of pyridine rings is 1. The average molecular weight is 371 g/mol. The molecule has 0 saturated heterocycles. The quantitative estimate of drug-likeness (QED) is 0.764. The van der Waals surface area contributed by atoms with Crippen LogP contribution in [0.25, 0.3) is 10.8 Å². The summed E-state index contributed by atoms with van der Waals surface area (Å²) in [4.78, 5) is 21.3. The van der Waals surface area contributed by atoms with Gasteiger partial charge in [0.15, 0.2) is 6.40 Å². The molecule has 139 valence electrons. The number of allylic oxidation sites excluding steroid dienone is 4. The number of aromatic nitrogens is 1. The minimum atomic E-state index is -0.627. The van der Waals surface area contributed by atoms with E-state index in [2.05, 4.69) is 28.5 Å². The van der Waals surface area contributed by atoms with Gasteiger partial charge in [-0.25, -0.2) is 4.99 Å². The monoisotopic (exact) mass is 371 g/mol. The van der Waals surface area contributed by atoms with E-state index in [0.29, 0.717) is 22.4 Å². The molecular formula is C21H20BN4O2. The molecule has 1 aromatic heterocycles. The number of carbonyl (C=O) groups excluding carboxylic acids is 1. The van der Waals surface area contributed by atoms with Crippen molar-refractivity contribution in [1.82, 2.24) is 4.98 Å². The number of hydrogen-bond donors (Lipinski definition) is 2. The van der Waals surface area contributed by atoms with Crippen LogP contribution < -0.4 is 11.1 Å². The van der Waals surface area contributed by atoms with E-state index in [0.717, 1.165) is 10.8 Å². The molecule has 2 aromatic rings. The van der Waals surface area contributed by atoms with E-state index < -0.39 is 5.92 Å². The predicted octanol–water partition coefficient (Wildman–Crippen LogP) is 2.94. The van der Waals surface area contributed by atoms with E-state index in [1.807, 2.05) is 24.3 Å². The van der Waals surface area contributed by atoms with Crippen LogP contribution in [-0.4, -0.2) is 31.3 Å². The van der Waals surface area contributed by atoms with Gasteiger partial charge in [-0.3, -0.25) is 9.78 Å². The van der Waals surface area contributed by atoms with E-state index >= 15 is 0 Å². The highest BCUT2D eigenvalue weighted by atomic mass is 16.4. The Morgan fingerprint density at radius 2 is 2.18 bits per heavy atom. The Balaban J connectivity index is 1.92. The van der Waals surface area contributed by atoms with Gasteiger partial charge in [0, 0.05) is 30.0 Å². The highest BCUT2D eigenvalue weighted by Crippen LogP contribution is 2.26. The molecule has 28 heavy (non-hydrogen) atoms. The number of aliphatic imine (C=N–C) groups is 1. The number of rotatable bonds is 6. The molecule has 1 amide bonds. The van der Waals surface area contributed by atoms with Crippen LogP contribution in [0, 0.1) is 5.92 Å². The van der Waals surface area contributed by atoms with Gasteiger partial charge in [0.2, 0.25) is 5.91 Å². The Morgan fingerprint density at radius 1 is 1.32 bits per heavy atom. The second kappa shape index (κ2) is 8.97. The summed E-state index contributed by atoms with van der Waals surface area (Å²) in [7, 11) is 1.54. The molecule has 1 aromatic carbocycles. The molecule has 0 bridgehead atoms. The lowest BCUT2D eigenvalue weighted by Crippen LogP contribution is -2.31. The van der Waals surface area contributed by atoms with E-state index in [4.69, 9.17) is 10.4 Å². The minimum Gasteiger partial charge on any atom is -0.550 e. The van der Waals surface area contributed by atoms with Crippen LogP contribution in [0.3, 0.4) is 0 Å². The third kappa shape index (κ3) is 4.10. The van der Waals surface area contributed by atoms with Crippen LogP contribution in [-0.2, 0) is 9.45 Å². The van der Waals surface area contributed by atoms with Gasteiger partial charge >= 0.3 is 7.48 Å². The first-order valence-electron chi connectivity index (χ1n) is 8.73. The van der Waals surface area contributed by atoms with Crippen molar-refractivity contribution in [2.45, 2.75) is 0 Å². The number of fused-ring (bicyclic) bond motifs is 1. The summed E-state index contributed by atoms with van der Waals surface area (Å²) < 4.78 is 5.13. The Morgan fingerprint density at radius 3 is 2.93 bits per heavy atom. The van der Waals surface area contributed by atoms with Crippen LogP contribution in [0.1, 0.15) is 0 Å². The Bertz CT molecular complexity index is 1010. The van der Waals surface area contributed by atoms with E-state index in [9.17, 15) is 4.79 Å². The first-order chi connectivity index (χ1) is 13.7. The highest BCUT2D eigenvalue weighted by molar-refractivity contribution is 6.42. The summed E-state index contributed by atoms with van der Waals surface area (Å²) in [5, 5.41) is 4.91. The SMILES string of the molecule is C=C/C=C1/[B]OC=N/C1=C(/C=C)C(CN)C(=O)Nc1ccc2cnccc2c1. The molecule has 3 N–H and O–H groups in total. The number of anilines is 1. The molecular weight excluding hydrogens is 351 g/mol. The third-order valence-corrected chi connectivity index (χ3v) is 4.34. The summed E-state index contributed by atoms with van der Waals surface area (Å²) in [5.41, 5.74) is 8.51. The summed E-state index contributed by atoms with van der Waals surface area (Å²) >= 11 is 0. The zero-order valence-electron chi connectivity index (χ0n) is 15.3. The number of nitrogens with zero attached hydrogens (tertiary/aromatic N) is 2. The molecule has 2 heterocycles.